The molecule has 1 saturated heterocycles. The molecule has 0 atom stereocenters. The van der Waals surface area contributed by atoms with Gasteiger partial charge in [-0.05, 0) is 6.07 Å². The summed E-state index contributed by atoms with van der Waals surface area (Å²) >= 11 is 0. The van der Waals surface area contributed by atoms with Crippen LogP contribution in [-0.4, -0.2) is 75.3 Å². The molecule has 25 heavy (non-hydrogen) atoms. The van der Waals surface area contributed by atoms with Crippen LogP contribution in [0.5, 0.6) is 5.75 Å². The Kier molecular flexibility index (Phi) is 5.35. The number of hydrogen-bond acceptors (Lipinski definition) is 6. The highest BCUT2D eigenvalue weighted by Crippen LogP contribution is 2.36. The van der Waals surface area contributed by atoms with Crippen molar-refractivity contribution in [2.75, 3.05) is 53.7 Å². The van der Waals surface area contributed by atoms with Crippen molar-refractivity contribution in [1.82, 2.24) is 9.80 Å². The molecule has 2 heterocycles. The van der Waals surface area contributed by atoms with Gasteiger partial charge in [-0.2, -0.15) is 0 Å². The molecule has 2 amide bonds. The number of carbonyl (C=O) groups excluding carboxylic acids is 2. The van der Waals surface area contributed by atoms with Crippen molar-refractivity contribution in [3.05, 3.63) is 35.5 Å². The van der Waals surface area contributed by atoms with Crippen molar-refractivity contribution in [2.24, 2.45) is 0 Å². The molecule has 0 aliphatic carbocycles. The Morgan fingerprint density at radius 1 is 1.08 bits per heavy atom. The van der Waals surface area contributed by atoms with Crippen molar-refractivity contribution in [3.63, 3.8) is 0 Å². The second-order valence-corrected chi connectivity index (χ2v) is 5.78. The fraction of sp³-hybridized carbons (Fsp3) is 0.444. The summed E-state index contributed by atoms with van der Waals surface area (Å²) in [4.78, 5) is 29.2. The molecule has 2 aliphatic heterocycles. The van der Waals surface area contributed by atoms with Crippen LogP contribution < -0.4 is 4.74 Å². The van der Waals surface area contributed by atoms with Gasteiger partial charge in [0.05, 0.1) is 39.0 Å². The molecule has 1 aromatic rings. The molecule has 1 fully saturated rings. The van der Waals surface area contributed by atoms with E-state index >= 15 is 0 Å². The van der Waals surface area contributed by atoms with Crippen LogP contribution in [0.4, 0.5) is 0 Å². The Morgan fingerprint density at radius 2 is 1.80 bits per heavy atom. The van der Waals surface area contributed by atoms with E-state index in [1.807, 2.05) is 17.0 Å². The summed E-state index contributed by atoms with van der Waals surface area (Å²) in [5, 5.41) is 0. The monoisotopic (exact) mass is 346 g/mol. The SMILES string of the molecule is COCCN1C(=O)C(c2ccccc2OC)=C(N2CCOCC2)C1=O. The number of hydrogen-bond donors (Lipinski definition) is 0. The maximum atomic E-state index is 13.0. The van der Waals surface area contributed by atoms with E-state index < -0.39 is 0 Å². The third kappa shape index (κ3) is 3.25. The molecule has 0 N–H and O–H groups in total. The number of morpholine rings is 1. The molecule has 0 saturated carbocycles. The zero-order chi connectivity index (χ0) is 17.8. The number of nitrogens with zero attached hydrogens (tertiary/aromatic N) is 2. The lowest BCUT2D eigenvalue weighted by molar-refractivity contribution is -0.138. The maximum Gasteiger partial charge on any atom is 0.277 e. The van der Waals surface area contributed by atoms with E-state index in [0.717, 1.165) is 0 Å². The number of imide groups is 1. The van der Waals surface area contributed by atoms with Gasteiger partial charge < -0.3 is 19.1 Å². The highest BCUT2D eigenvalue weighted by atomic mass is 16.5. The third-order valence-electron chi connectivity index (χ3n) is 4.37. The second-order valence-electron chi connectivity index (χ2n) is 5.78. The van der Waals surface area contributed by atoms with E-state index in [1.165, 1.54) is 4.90 Å². The molecule has 0 bridgehead atoms. The smallest absolute Gasteiger partial charge is 0.277 e. The van der Waals surface area contributed by atoms with Crippen molar-refractivity contribution < 1.29 is 23.8 Å². The molecule has 7 heteroatoms. The molecule has 0 unspecified atom stereocenters. The summed E-state index contributed by atoms with van der Waals surface area (Å²) in [5.41, 5.74) is 1.44. The Balaban J connectivity index is 2.07. The van der Waals surface area contributed by atoms with Crippen LogP contribution in [0.3, 0.4) is 0 Å². The van der Waals surface area contributed by atoms with Gasteiger partial charge in [0.25, 0.3) is 11.8 Å². The van der Waals surface area contributed by atoms with Gasteiger partial charge in [0.2, 0.25) is 0 Å². The zero-order valence-electron chi connectivity index (χ0n) is 14.5. The lowest BCUT2D eigenvalue weighted by Crippen LogP contribution is -2.41. The van der Waals surface area contributed by atoms with Gasteiger partial charge in [-0.1, -0.05) is 18.2 Å². The Bertz CT molecular complexity index is 694. The van der Waals surface area contributed by atoms with Crippen LogP contribution in [0.2, 0.25) is 0 Å². The molecular weight excluding hydrogens is 324 g/mol. The largest absolute Gasteiger partial charge is 0.496 e. The van der Waals surface area contributed by atoms with Crippen LogP contribution in [0.25, 0.3) is 5.57 Å². The molecule has 7 nitrogen and oxygen atoms in total. The van der Waals surface area contributed by atoms with Crippen molar-refractivity contribution >= 4 is 17.4 Å². The predicted molar refractivity (Wildman–Crippen MR) is 90.9 cm³/mol. The quantitative estimate of drug-likeness (QED) is 0.708. The van der Waals surface area contributed by atoms with E-state index in [4.69, 9.17) is 14.2 Å². The summed E-state index contributed by atoms with van der Waals surface area (Å²) in [6, 6.07) is 7.26. The number of amides is 2. The summed E-state index contributed by atoms with van der Waals surface area (Å²) in [6.07, 6.45) is 0. The first-order valence-electron chi connectivity index (χ1n) is 8.24. The van der Waals surface area contributed by atoms with Gasteiger partial charge in [0.15, 0.2) is 0 Å². The average molecular weight is 346 g/mol. The molecule has 0 spiro atoms. The fourth-order valence-electron chi connectivity index (χ4n) is 3.12. The van der Waals surface area contributed by atoms with Gasteiger partial charge in [-0.25, -0.2) is 0 Å². The first-order valence-corrected chi connectivity index (χ1v) is 8.24. The lowest BCUT2D eigenvalue weighted by atomic mass is 10.0. The minimum atomic E-state index is -0.312. The highest BCUT2D eigenvalue weighted by molar-refractivity contribution is 6.36. The van der Waals surface area contributed by atoms with E-state index in [1.54, 1.807) is 26.4 Å². The fourth-order valence-corrected chi connectivity index (χ4v) is 3.12. The summed E-state index contributed by atoms with van der Waals surface area (Å²) in [5.74, 6) is -0.0316. The lowest BCUT2D eigenvalue weighted by Gasteiger charge is -2.29. The second kappa shape index (κ2) is 7.67. The molecule has 3 rings (SSSR count). The topological polar surface area (TPSA) is 68.3 Å². The Hall–Kier alpha value is -2.38. The average Bonchev–Trinajstić information content (AvgIpc) is 2.90. The summed E-state index contributed by atoms with van der Waals surface area (Å²) in [6.45, 7) is 2.73. The van der Waals surface area contributed by atoms with Crippen LogP contribution in [0.15, 0.2) is 30.0 Å². The van der Waals surface area contributed by atoms with Crippen molar-refractivity contribution in [1.29, 1.82) is 0 Å². The number of carbonyl (C=O) groups is 2. The molecule has 0 aromatic heterocycles. The Labute approximate surface area is 146 Å². The van der Waals surface area contributed by atoms with Crippen molar-refractivity contribution in [3.8, 4) is 5.75 Å². The minimum absolute atomic E-state index is 0.223. The molecule has 2 aliphatic rings. The van der Waals surface area contributed by atoms with Crippen LogP contribution in [0.1, 0.15) is 5.56 Å². The van der Waals surface area contributed by atoms with Gasteiger partial charge >= 0.3 is 0 Å². The van der Waals surface area contributed by atoms with Crippen LogP contribution in [-0.2, 0) is 19.1 Å². The van der Waals surface area contributed by atoms with Gasteiger partial charge in [-0.3, -0.25) is 14.5 Å². The Morgan fingerprint density at radius 3 is 2.48 bits per heavy atom. The molecule has 134 valence electrons. The number of ether oxygens (including phenoxy) is 3. The van der Waals surface area contributed by atoms with E-state index in [0.29, 0.717) is 55.5 Å². The number of para-hydroxylation sites is 1. The molecular formula is C18H22N2O5. The molecule has 0 radical (unpaired) electrons. The van der Waals surface area contributed by atoms with Crippen LogP contribution >= 0.6 is 0 Å². The highest BCUT2D eigenvalue weighted by Gasteiger charge is 2.42. The molecule has 1 aromatic carbocycles. The number of rotatable bonds is 6. The minimum Gasteiger partial charge on any atom is -0.496 e. The predicted octanol–water partition coefficient (Wildman–Crippen LogP) is 0.754. The zero-order valence-corrected chi connectivity index (χ0v) is 14.5. The summed E-state index contributed by atoms with van der Waals surface area (Å²) < 4.78 is 15.8. The van der Waals surface area contributed by atoms with Gasteiger partial charge in [-0.15, -0.1) is 0 Å². The third-order valence-corrected chi connectivity index (χ3v) is 4.37. The first-order chi connectivity index (χ1) is 12.2. The van der Waals surface area contributed by atoms with Gasteiger partial charge in [0.1, 0.15) is 11.4 Å². The van der Waals surface area contributed by atoms with Crippen LogP contribution in [0, 0.1) is 0 Å². The van der Waals surface area contributed by atoms with Crippen molar-refractivity contribution in [2.45, 2.75) is 0 Å². The number of benzene rings is 1. The normalized spacial score (nSPS) is 18.3. The summed E-state index contributed by atoms with van der Waals surface area (Å²) in [7, 11) is 3.10. The van der Waals surface area contributed by atoms with Gasteiger partial charge in [0, 0.05) is 25.8 Å². The van der Waals surface area contributed by atoms with E-state index in [2.05, 4.69) is 0 Å². The standard InChI is InChI=1S/C18H22N2O5/c1-23-10-9-20-17(21)15(13-5-3-4-6-14(13)24-2)16(18(20)22)19-7-11-25-12-8-19/h3-6H,7-12H2,1-2H3. The van der Waals surface area contributed by atoms with E-state index in [-0.39, 0.29) is 18.4 Å². The van der Waals surface area contributed by atoms with E-state index in [9.17, 15) is 9.59 Å². The number of methoxy groups -OCH3 is 2. The first kappa shape index (κ1) is 17.4. The maximum absolute atomic E-state index is 13.0.